The van der Waals surface area contributed by atoms with E-state index in [9.17, 15) is 4.79 Å². The molecule has 0 spiro atoms. The maximum Gasteiger partial charge on any atom is 0.173 e. The molecule has 0 saturated carbocycles. The van der Waals surface area contributed by atoms with Crippen LogP contribution < -0.4 is 35.7 Å². The Morgan fingerprint density at radius 1 is 0.774 bits per heavy atom. The molecule has 0 aliphatic rings. The summed E-state index contributed by atoms with van der Waals surface area (Å²) in [5.41, 5.74) is 14.0. The van der Waals surface area contributed by atoms with Crippen molar-refractivity contribution in [1.82, 2.24) is 19.9 Å². The molecule has 276 valence electrons. The molecular weight excluding hydrogens is 778 g/mol. The maximum absolute atomic E-state index is 11.3. The van der Waals surface area contributed by atoms with E-state index in [2.05, 4.69) is 58.8 Å². The molecule has 2 aromatic carbocycles. The van der Waals surface area contributed by atoms with Crippen LogP contribution in [0.2, 0.25) is 0 Å². The number of aromatic nitrogens is 4. The van der Waals surface area contributed by atoms with Crippen LogP contribution in [0, 0.1) is 0 Å². The van der Waals surface area contributed by atoms with Gasteiger partial charge in [-0.25, -0.2) is 15.0 Å². The molecule has 0 radical (unpaired) electrons. The van der Waals surface area contributed by atoms with Crippen LogP contribution >= 0.6 is 39.5 Å². The standard InChI is InChI=1S/C17H16N2O2S.C10H11BrO3.C6H7N3S.C5H6N2/c1-20-15-7-6-12(9-16(15)21-2)14-11-22-17(19-14)10-13-5-3-4-8-18-13;1-13-9-4-3-7(8(12)6-11)5-10(9)14-2;7-6(10)9-5-3-1-2-4-8-5;6-5-3-1-2-4-7-5/h3-9,11H,10H2,1-2H3;3-5H,6H2,1-2H3;1-4H,(H3,7,8,9,10);1-4H,(H2,6,7). The van der Waals surface area contributed by atoms with Crippen molar-refractivity contribution in [3.8, 4) is 34.3 Å². The molecule has 0 aliphatic carbocycles. The van der Waals surface area contributed by atoms with Crippen molar-refractivity contribution in [2.75, 3.05) is 44.8 Å². The minimum atomic E-state index is 0.0194. The number of methoxy groups -OCH3 is 4. The third-order valence-electron chi connectivity index (χ3n) is 6.72. The normalized spacial score (nSPS) is 9.68. The predicted molar refractivity (Wildman–Crippen MR) is 219 cm³/mol. The van der Waals surface area contributed by atoms with E-state index in [4.69, 9.17) is 30.4 Å². The topological polar surface area (TPSA) is 170 Å². The zero-order chi connectivity index (χ0) is 38.4. The second-order valence-corrected chi connectivity index (χ2v) is 12.2. The minimum absolute atomic E-state index is 0.0194. The van der Waals surface area contributed by atoms with E-state index in [1.165, 1.54) is 0 Å². The van der Waals surface area contributed by atoms with Crippen LogP contribution in [0.3, 0.4) is 0 Å². The van der Waals surface area contributed by atoms with Crippen LogP contribution in [0.1, 0.15) is 21.1 Å². The average molecular weight is 819 g/mol. The fraction of sp³-hybridized carbons (Fsp3) is 0.158. The number of Topliss-reactive ketones (excluding diaryl/α,β-unsaturated/α-hetero) is 1. The first-order valence-corrected chi connectivity index (χ1v) is 18.1. The number of ether oxygens (including phenoxy) is 4. The summed E-state index contributed by atoms with van der Waals surface area (Å²) in [4.78, 5) is 28.1. The molecule has 4 heterocycles. The summed E-state index contributed by atoms with van der Waals surface area (Å²) in [5.74, 6) is 3.89. The lowest BCUT2D eigenvalue weighted by Gasteiger charge is -2.08. The van der Waals surface area contributed by atoms with Gasteiger partial charge in [-0.1, -0.05) is 34.1 Å². The summed E-state index contributed by atoms with van der Waals surface area (Å²) in [6.07, 6.45) is 5.88. The molecule has 6 rings (SSSR count). The summed E-state index contributed by atoms with van der Waals surface area (Å²) in [6.45, 7) is 0. The SMILES string of the molecule is COc1ccc(-c2csc(Cc3ccccn3)n2)cc1OC.COc1ccc(C(=O)CBr)cc1OC.NC(=S)Nc1ccccn1.Nc1ccccn1. The molecule has 15 heteroatoms. The summed E-state index contributed by atoms with van der Waals surface area (Å²) < 4.78 is 20.7. The quantitative estimate of drug-likeness (QED) is 0.0707. The lowest BCUT2D eigenvalue weighted by molar-refractivity contribution is 0.102. The van der Waals surface area contributed by atoms with Gasteiger partial charge in [0.1, 0.15) is 11.6 Å². The first-order chi connectivity index (χ1) is 25.7. The van der Waals surface area contributed by atoms with Gasteiger partial charge >= 0.3 is 0 Å². The Kier molecular flexibility index (Phi) is 18.2. The third kappa shape index (κ3) is 14.5. The highest BCUT2D eigenvalue weighted by molar-refractivity contribution is 9.09. The number of nitrogen functional groups attached to an aromatic ring is 1. The molecule has 0 amide bonds. The number of nitrogens with two attached hydrogens (primary N) is 2. The largest absolute Gasteiger partial charge is 0.493 e. The molecule has 0 atom stereocenters. The smallest absolute Gasteiger partial charge is 0.173 e. The van der Waals surface area contributed by atoms with Gasteiger partial charge in [0.15, 0.2) is 33.9 Å². The molecule has 6 aromatic rings. The van der Waals surface area contributed by atoms with E-state index in [-0.39, 0.29) is 10.9 Å². The van der Waals surface area contributed by atoms with Crippen LogP contribution in [0.15, 0.2) is 115 Å². The highest BCUT2D eigenvalue weighted by Crippen LogP contribution is 2.33. The van der Waals surface area contributed by atoms with E-state index in [1.54, 1.807) is 88.7 Å². The van der Waals surface area contributed by atoms with Gasteiger partial charge in [0, 0.05) is 47.2 Å². The summed E-state index contributed by atoms with van der Waals surface area (Å²) in [7, 11) is 6.37. The summed E-state index contributed by atoms with van der Waals surface area (Å²) >= 11 is 9.36. The molecular formula is C38H40BrN7O5S2. The van der Waals surface area contributed by atoms with Crippen LogP contribution in [0.4, 0.5) is 11.6 Å². The fourth-order valence-electron chi connectivity index (χ4n) is 4.20. The third-order valence-corrected chi connectivity index (χ3v) is 8.18. The van der Waals surface area contributed by atoms with Gasteiger partial charge in [0.05, 0.1) is 44.5 Å². The van der Waals surface area contributed by atoms with Crippen LogP contribution in [-0.4, -0.2) is 64.6 Å². The Labute approximate surface area is 326 Å². The van der Waals surface area contributed by atoms with Crippen LogP contribution in [-0.2, 0) is 6.42 Å². The van der Waals surface area contributed by atoms with Gasteiger partial charge in [-0.05, 0) is 85.0 Å². The van der Waals surface area contributed by atoms with Crippen molar-refractivity contribution in [3.05, 3.63) is 131 Å². The Bertz CT molecular complexity index is 1990. The number of benzene rings is 2. The molecule has 0 unspecified atom stereocenters. The van der Waals surface area contributed by atoms with E-state index in [1.807, 2.05) is 60.7 Å². The van der Waals surface area contributed by atoms with Crippen molar-refractivity contribution < 1.29 is 23.7 Å². The number of alkyl halides is 1. The number of carbonyl (C=O) groups is 1. The number of nitrogens with zero attached hydrogens (tertiary/aromatic N) is 4. The molecule has 0 fully saturated rings. The van der Waals surface area contributed by atoms with Crippen molar-refractivity contribution in [2.24, 2.45) is 5.73 Å². The average Bonchev–Trinajstić information content (AvgIpc) is 3.67. The Morgan fingerprint density at radius 3 is 1.89 bits per heavy atom. The molecule has 12 nitrogen and oxygen atoms in total. The van der Waals surface area contributed by atoms with E-state index in [0.717, 1.165) is 34.1 Å². The van der Waals surface area contributed by atoms with Gasteiger partial charge in [-0.2, -0.15) is 0 Å². The summed E-state index contributed by atoms with van der Waals surface area (Å²) in [6, 6.07) is 27.7. The predicted octanol–water partition coefficient (Wildman–Crippen LogP) is 7.50. The first kappa shape index (κ1) is 41.8. The minimum Gasteiger partial charge on any atom is -0.493 e. The molecule has 5 N–H and O–H groups in total. The van der Waals surface area contributed by atoms with Crippen molar-refractivity contribution >= 4 is 62.0 Å². The monoisotopic (exact) mass is 817 g/mol. The number of hydrogen-bond donors (Lipinski definition) is 3. The number of carbonyl (C=O) groups excluding carboxylic acids is 1. The Hall–Kier alpha value is -5.64. The maximum atomic E-state index is 11.3. The van der Waals surface area contributed by atoms with E-state index >= 15 is 0 Å². The van der Waals surface area contributed by atoms with Crippen LogP contribution in [0.5, 0.6) is 23.0 Å². The zero-order valence-electron chi connectivity index (χ0n) is 29.6. The number of pyridine rings is 3. The van der Waals surface area contributed by atoms with E-state index in [0.29, 0.717) is 39.8 Å². The van der Waals surface area contributed by atoms with Gasteiger partial charge < -0.3 is 35.7 Å². The van der Waals surface area contributed by atoms with Crippen molar-refractivity contribution in [3.63, 3.8) is 0 Å². The fourth-order valence-corrected chi connectivity index (χ4v) is 5.45. The van der Waals surface area contributed by atoms with Crippen molar-refractivity contribution in [2.45, 2.75) is 6.42 Å². The molecule has 0 bridgehead atoms. The number of hydrogen-bond acceptors (Lipinski definition) is 12. The highest BCUT2D eigenvalue weighted by Gasteiger charge is 2.11. The number of rotatable bonds is 10. The van der Waals surface area contributed by atoms with E-state index < -0.39 is 0 Å². The van der Waals surface area contributed by atoms with Crippen LogP contribution in [0.25, 0.3) is 11.3 Å². The number of thiazole rings is 1. The zero-order valence-corrected chi connectivity index (χ0v) is 32.8. The second kappa shape index (κ2) is 23.0. The Balaban J connectivity index is 0.000000209. The number of ketones is 1. The number of nitrogens with one attached hydrogen (secondary N) is 1. The Morgan fingerprint density at radius 2 is 1.38 bits per heavy atom. The molecule has 53 heavy (non-hydrogen) atoms. The summed E-state index contributed by atoms with van der Waals surface area (Å²) in [5, 5.41) is 6.35. The van der Waals surface area contributed by atoms with Gasteiger partial charge in [0.2, 0.25) is 0 Å². The van der Waals surface area contributed by atoms with Gasteiger partial charge in [-0.15, -0.1) is 11.3 Å². The first-order valence-electron chi connectivity index (χ1n) is 15.7. The molecule has 0 aliphatic heterocycles. The molecule has 4 aromatic heterocycles. The highest BCUT2D eigenvalue weighted by atomic mass is 79.9. The van der Waals surface area contributed by atoms with Crippen molar-refractivity contribution in [1.29, 1.82) is 0 Å². The van der Waals surface area contributed by atoms with Gasteiger partial charge in [0.25, 0.3) is 0 Å². The number of halogens is 1. The number of anilines is 2. The second-order valence-electron chi connectivity index (χ2n) is 10.3. The molecule has 0 saturated heterocycles. The number of thiocarbonyl (C=S) groups is 1. The lowest BCUT2D eigenvalue weighted by Crippen LogP contribution is -2.19. The van der Waals surface area contributed by atoms with Gasteiger partial charge in [-0.3, -0.25) is 9.78 Å². The lowest BCUT2D eigenvalue weighted by atomic mass is 10.1.